The fourth-order valence-electron chi connectivity index (χ4n) is 2.44. The zero-order valence-electron chi connectivity index (χ0n) is 10.9. The molecule has 0 saturated carbocycles. The molecule has 1 aromatic heterocycles. The molecule has 2 N–H and O–H groups in total. The second kappa shape index (κ2) is 5.66. The second-order valence-corrected chi connectivity index (χ2v) is 6.49. The summed E-state index contributed by atoms with van der Waals surface area (Å²) in [5, 5.41) is 10.1. The summed E-state index contributed by atoms with van der Waals surface area (Å²) in [7, 11) is 0. The van der Waals surface area contributed by atoms with Crippen LogP contribution in [0.1, 0.15) is 5.56 Å². The number of para-hydroxylation sites is 1. The first-order valence-electron chi connectivity index (χ1n) is 6.33. The average Bonchev–Trinajstić information content (AvgIpc) is 2.80. The minimum Gasteiger partial charge on any atom is -0.481 e. The highest BCUT2D eigenvalue weighted by Crippen LogP contribution is 2.34. The Balaban J connectivity index is 2.27. The number of hydrogen-bond acceptors (Lipinski definition) is 1. The van der Waals surface area contributed by atoms with E-state index in [4.69, 9.17) is 0 Å². The van der Waals surface area contributed by atoms with Gasteiger partial charge in [-0.3, -0.25) is 4.79 Å². The molecule has 0 aliphatic carbocycles. The summed E-state index contributed by atoms with van der Waals surface area (Å²) in [4.78, 5) is 14.5. The van der Waals surface area contributed by atoms with Gasteiger partial charge in [0.15, 0.2) is 0 Å². The molecule has 3 aromatic rings. The zero-order valence-corrected chi connectivity index (χ0v) is 14.0. The van der Waals surface area contributed by atoms with E-state index < -0.39 is 5.97 Å². The Hall–Kier alpha value is -1.59. The van der Waals surface area contributed by atoms with Crippen LogP contribution in [0, 0.1) is 0 Å². The van der Waals surface area contributed by atoms with Crippen LogP contribution < -0.4 is 0 Å². The van der Waals surface area contributed by atoms with Gasteiger partial charge in [0.05, 0.1) is 17.6 Å². The lowest BCUT2D eigenvalue weighted by atomic mass is 10.0. The smallest absolute Gasteiger partial charge is 0.307 e. The van der Waals surface area contributed by atoms with Gasteiger partial charge >= 0.3 is 5.97 Å². The van der Waals surface area contributed by atoms with Gasteiger partial charge in [0.25, 0.3) is 0 Å². The van der Waals surface area contributed by atoms with E-state index >= 15 is 0 Å². The Bertz CT molecular complexity index is 822. The predicted molar refractivity (Wildman–Crippen MR) is 90.5 cm³/mol. The van der Waals surface area contributed by atoms with Gasteiger partial charge in [0, 0.05) is 14.3 Å². The van der Waals surface area contributed by atoms with Gasteiger partial charge in [-0.1, -0.05) is 40.2 Å². The number of rotatable bonds is 3. The van der Waals surface area contributed by atoms with Crippen molar-refractivity contribution < 1.29 is 9.90 Å². The number of aromatic amines is 1. The Kier molecular flexibility index (Phi) is 3.87. The van der Waals surface area contributed by atoms with Gasteiger partial charge in [0.2, 0.25) is 0 Å². The Labute approximate surface area is 138 Å². The predicted octanol–water partition coefficient (Wildman–Crippen LogP) is 4.99. The third-order valence-electron chi connectivity index (χ3n) is 3.35. The molecule has 1 heterocycles. The first-order chi connectivity index (χ1) is 10.1. The fraction of sp³-hybridized carbons (Fsp3) is 0.0625. The number of H-pyrrole nitrogens is 1. The van der Waals surface area contributed by atoms with Crippen LogP contribution in [0.4, 0.5) is 0 Å². The van der Waals surface area contributed by atoms with Crippen LogP contribution in [0.3, 0.4) is 0 Å². The van der Waals surface area contributed by atoms with E-state index in [9.17, 15) is 9.90 Å². The molecule has 0 fully saturated rings. The van der Waals surface area contributed by atoms with E-state index in [0.717, 1.165) is 36.7 Å². The van der Waals surface area contributed by atoms with Crippen LogP contribution in [-0.2, 0) is 11.2 Å². The maximum absolute atomic E-state index is 11.2. The molecule has 0 amide bonds. The summed E-state index contributed by atoms with van der Waals surface area (Å²) < 4.78 is 1.92. The molecular weight excluding hydrogens is 398 g/mol. The maximum atomic E-state index is 11.2. The average molecular weight is 409 g/mol. The summed E-state index contributed by atoms with van der Waals surface area (Å²) in [6.45, 7) is 0. The van der Waals surface area contributed by atoms with Crippen molar-refractivity contribution in [3.8, 4) is 11.3 Å². The van der Waals surface area contributed by atoms with Crippen LogP contribution in [0.15, 0.2) is 51.4 Å². The summed E-state index contributed by atoms with van der Waals surface area (Å²) in [6.07, 6.45) is -0.0121. The summed E-state index contributed by atoms with van der Waals surface area (Å²) >= 11 is 6.92. The van der Waals surface area contributed by atoms with Gasteiger partial charge in [-0.25, -0.2) is 0 Å². The van der Waals surface area contributed by atoms with Crippen molar-refractivity contribution in [1.29, 1.82) is 0 Å². The minimum atomic E-state index is -0.839. The lowest BCUT2D eigenvalue weighted by Gasteiger charge is -2.03. The Morgan fingerprint density at radius 2 is 1.81 bits per heavy atom. The minimum absolute atomic E-state index is 0.0121. The van der Waals surface area contributed by atoms with E-state index in [0.29, 0.717) is 0 Å². The van der Waals surface area contributed by atoms with Crippen molar-refractivity contribution in [2.75, 3.05) is 0 Å². The van der Waals surface area contributed by atoms with Gasteiger partial charge in [-0.05, 0) is 45.3 Å². The molecular formula is C16H11Br2NO2. The Morgan fingerprint density at radius 3 is 2.48 bits per heavy atom. The number of hydrogen-bond donors (Lipinski definition) is 2. The van der Waals surface area contributed by atoms with Gasteiger partial charge in [-0.2, -0.15) is 0 Å². The third kappa shape index (κ3) is 2.76. The number of carbonyl (C=O) groups is 1. The van der Waals surface area contributed by atoms with Crippen molar-refractivity contribution in [2.45, 2.75) is 6.42 Å². The molecule has 3 nitrogen and oxygen atoms in total. The lowest BCUT2D eigenvalue weighted by Crippen LogP contribution is -2.00. The molecule has 0 aliphatic heterocycles. The van der Waals surface area contributed by atoms with E-state index in [1.807, 2.05) is 42.5 Å². The largest absolute Gasteiger partial charge is 0.481 e. The molecule has 3 rings (SSSR count). The SMILES string of the molecule is O=C(O)Cc1c(-c2ccc(Br)cc2)[nH]c2c(Br)cccc12. The third-order valence-corrected chi connectivity index (χ3v) is 4.54. The first kappa shape index (κ1) is 14.4. The molecule has 21 heavy (non-hydrogen) atoms. The van der Waals surface area contributed by atoms with Crippen LogP contribution >= 0.6 is 31.9 Å². The van der Waals surface area contributed by atoms with Crippen LogP contribution in [-0.4, -0.2) is 16.1 Å². The normalized spacial score (nSPS) is 11.0. The maximum Gasteiger partial charge on any atom is 0.307 e. The quantitative estimate of drug-likeness (QED) is 0.641. The van der Waals surface area contributed by atoms with Crippen LogP contribution in [0.2, 0.25) is 0 Å². The van der Waals surface area contributed by atoms with E-state index in [-0.39, 0.29) is 6.42 Å². The molecule has 0 spiro atoms. The molecule has 0 saturated heterocycles. The number of fused-ring (bicyclic) bond motifs is 1. The molecule has 0 radical (unpaired) electrons. The number of carboxylic acids is 1. The summed E-state index contributed by atoms with van der Waals surface area (Å²) in [5.41, 5.74) is 3.55. The standard InChI is InChI=1S/C16H11Br2NO2/c17-10-6-4-9(5-7-10)15-12(8-14(20)21)11-2-1-3-13(18)16(11)19-15/h1-7,19H,8H2,(H,20,21). The van der Waals surface area contributed by atoms with Crippen molar-refractivity contribution in [3.63, 3.8) is 0 Å². The number of halogens is 2. The van der Waals surface area contributed by atoms with E-state index in [1.54, 1.807) is 0 Å². The topological polar surface area (TPSA) is 53.1 Å². The molecule has 0 unspecified atom stereocenters. The molecule has 5 heteroatoms. The van der Waals surface area contributed by atoms with E-state index in [1.165, 1.54) is 0 Å². The van der Waals surface area contributed by atoms with Crippen molar-refractivity contribution >= 4 is 48.7 Å². The highest BCUT2D eigenvalue weighted by molar-refractivity contribution is 9.11. The number of carboxylic acid groups (broad SMARTS) is 1. The van der Waals surface area contributed by atoms with Crippen LogP contribution in [0.5, 0.6) is 0 Å². The highest BCUT2D eigenvalue weighted by Gasteiger charge is 2.16. The van der Waals surface area contributed by atoms with E-state index in [2.05, 4.69) is 36.8 Å². The van der Waals surface area contributed by atoms with Gasteiger partial charge in [-0.15, -0.1) is 0 Å². The van der Waals surface area contributed by atoms with Crippen molar-refractivity contribution in [3.05, 3.63) is 57.0 Å². The lowest BCUT2D eigenvalue weighted by molar-refractivity contribution is -0.136. The molecule has 2 aromatic carbocycles. The number of benzene rings is 2. The highest BCUT2D eigenvalue weighted by atomic mass is 79.9. The molecule has 0 bridgehead atoms. The van der Waals surface area contributed by atoms with Crippen molar-refractivity contribution in [2.24, 2.45) is 0 Å². The van der Waals surface area contributed by atoms with Crippen molar-refractivity contribution in [1.82, 2.24) is 4.98 Å². The fourth-order valence-corrected chi connectivity index (χ4v) is 3.17. The second-order valence-electron chi connectivity index (χ2n) is 4.72. The first-order valence-corrected chi connectivity index (χ1v) is 7.91. The molecule has 106 valence electrons. The molecule has 0 aliphatic rings. The summed E-state index contributed by atoms with van der Waals surface area (Å²) in [5.74, 6) is -0.839. The number of aromatic nitrogens is 1. The van der Waals surface area contributed by atoms with Crippen LogP contribution in [0.25, 0.3) is 22.2 Å². The summed E-state index contributed by atoms with van der Waals surface area (Å²) in [6, 6.07) is 13.6. The Morgan fingerprint density at radius 1 is 1.10 bits per heavy atom. The van der Waals surface area contributed by atoms with Gasteiger partial charge < -0.3 is 10.1 Å². The number of nitrogens with one attached hydrogen (secondary N) is 1. The number of aliphatic carboxylic acids is 1. The van der Waals surface area contributed by atoms with Gasteiger partial charge in [0.1, 0.15) is 0 Å². The molecule has 0 atom stereocenters. The zero-order chi connectivity index (χ0) is 15.0. The monoisotopic (exact) mass is 407 g/mol.